The molecule has 3 heteroatoms. The second-order valence-electron chi connectivity index (χ2n) is 5.47. The van der Waals surface area contributed by atoms with E-state index in [0.717, 1.165) is 29.9 Å². The molecule has 0 bridgehead atoms. The molecule has 1 fully saturated rings. The first-order valence-electron chi connectivity index (χ1n) is 6.77. The molecule has 1 aliphatic heterocycles. The summed E-state index contributed by atoms with van der Waals surface area (Å²) in [5, 5.41) is 10.4. The van der Waals surface area contributed by atoms with Crippen LogP contribution in [0.15, 0.2) is 18.2 Å². The van der Waals surface area contributed by atoms with Crippen LogP contribution in [0, 0.1) is 0 Å². The molecule has 1 aromatic carbocycles. The fourth-order valence-electron chi connectivity index (χ4n) is 3.25. The summed E-state index contributed by atoms with van der Waals surface area (Å²) in [6, 6.07) is 5.70. The van der Waals surface area contributed by atoms with Gasteiger partial charge < -0.3 is 14.6 Å². The van der Waals surface area contributed by atoms with E-state index >= 15 is 0 Å². The summed E-state index contributed by atoms with van der Waals surface area (Å²) < 4.78 is 11.4. The van der Waals surface area contributed by atoms with Crippen molar-refractivity contribution in [2.45, 2.75) is 50.2 Å². The molecular formula is C15H20O3. The minimum absolute atomic E-state index is 0.126. The molecule has 1 heterocycles. The van der Waals surface area contributed by atoms with Crippen LogP contribution in [0.3, 0.4) is 0 Å². The molecule has 3 nitrogen and oxygen atoms in total. The molecule has 1 spiro atoms. The van der Waals surface area contributed by atoms with Crippen LogP contribution in [0.5, 0.6) is 11.5 Å². The Morgan fingerprint density at radius 3 is 2.78 bits per heavy atom. The van der Waals surface area contributed by atoms with Gasteiger partial charge in [-0.15, -0.1) is 0 Å². The number of hydrogen-bond acceptors (Lipinski definition) is 3. The van der Waals surface area contributed by atoms with E-state index in [1.54, 1.807) is 7.11 Å². The van der Waals surface area contributed by atoms with Crippen LogP contribution < -0.4 is 9.47 Å². The first-order chi connectivity index (χ1) is 8.72. The summed E-state index contributed by atoms with van der Waals surface area (Å²) in [6.45, 7) is 0. The predicted octanol–water partition coefficient (Wildman–Crippen LogP) is 3.21. The monoisotopic (exact) mass is 248 g/mol. The zero-order valence-corrected chi connectivity index (χ0v) is 10.8. The Labute approximate surface area is 108 Å². The van der Waals surface area contributed by atoms with Gasteiger partial charge in [0, 0.05) is 12.0 Å². The molecule has 18 heavy (non-hydrogen) atoms. The maximum absolute atomic E-state index is 10.4. The highest BCUT2D eigenvalue weighted by atomic mass is 16.5. The predicted molar refractivity (Wildman–Crippen MR) is 69.0 cm³/mol. The van der Waals surface area contributed by atoms with Crippen molar-refractivity contribution in [2.75, 3.05) is 7.11 Å². The Balaban J connectivity index is 1.92. The van der Waals surface area contributed by atoms with E-state index in [1.165, 1.54) is 19.3 Å². The number of aliphatic hydroxyl groups excluding tert-OH is 1. The number of hydrogen-bond donors (Lipinski definition) is 1. The smallest absolute Gasteiger partial charge is 0.126 e. The van der Waals surface area contributed by atoms with Crippen molar-refractivity contribution >= 4 is 0 Å². The average Bonchev–Trinajstić information content (AvgIpc) is 2.39. The third-order valence-electron chi connectivity index (χ3n) is 4.23. The molecule has 1 aliphatic carbocycles. The summed E-state index contributed by atoms with van der Waals surface area (Å²) in [6.07, 6.45) is 6.12. The van der Waals surface area contributed by atoms with Crippen LogP contribution in [0.1, 0.15) is 50.2 Å². The van der Waals surface area contributed by atoms with Crippen molar-refractivity contribution in [3.05, 3.63) is 23.8 Å². The Morgan fingerprint density at radius 2 is 2.06 bits per heavy atom. The molecule has 0 aromatic heterocycles. The van der Waals surface area contributed by atoms with Gasteiger partial charge in [0.2, 0.25) is 0 Å². The van der Waals surface area contributed by atoms with Gasteiger partial charge >= 0.3 is 0 Å². The van der Waals surface area contributed by atoms with Gasteiger partial charge in [0.1, 0.15) is 17.1 Å². The largest absolute Gasteiger partial charge is 0.497 e. The van der Waals surface area contributed by atoms with Gasteiger partial charge in [-0.1, -0.05) is 6.42 Å². The molecule has 2 aliphatic rings. The van der Waals surface area contributed by atoms with Crippen molar-refractivity contribution in [1.29, 1.82) is 0 Å². The van der Waals surface area contributed by atoms with Gasteiger partial charge in [0.05, 0.1) is 13.2 Å². The van der Waals surface area contributed by atoms with E-state index in [1.807, 2.05) is 18.2 Å². The van der Waals surface area contributed by atoms with Gasteiger partial charge in [0.25, 0.3) is 0 Å². The van der Waals surface area contributed by atoms with E-state index in [2.05, 4.69) is 0 Å². The highest BCUT2D eigenvalue weighted by Gasteiger charge is 2.41. The standard InChI is InChI=1S/C15H20O3/c1-17-11-5-6-14-12(9-11)13(16)10-15(18-14)7-3-2-4-8-15/h5-6,9,13,16H,2-4,7-8,10H2,1H3. The minimum Gasteiger partial charge on any atom is -0.497 e. The van der Waals surface area contributed by atoms with Crippen LogP contribution in [-0.2, 0) is 0 Å². The van der Waals surface area contributed by atoms with Gasteiger partial charge in [-0.3, -0.25) is 0 Å². The topological polar surface area (TPSA) is 38.7 Å². The number of ether oxygens (including phenoxy) is 2. The Hall–Kier alpha value is -1.22. The first-order valence-corrected chi connectivity index (χ1v) is 6.77. The molecule has 3 rings (SSSR count). The summed E-state index contributed by atoms with van der Waals surface area (Å²) in [7, 11) is 1.64. The average molecular weight is 248 g/mol. The zero-order chi connectivity index (χ0) is 12.6. The van der Waals surface area contributed by atoms with Crippen molar-refractivity contribution in [3.63, 3.8) is 0 Å². The van der Waals surface area contributed by atoms with E-state index in [4.69, 9.17) is 9.47 Å². The number of benzene rings is 1. The van der Waals surface area contributed by atoms with Gasteiger partial charge in [-0.2, -0.15) is 0 Å². The Kier molecular flexibility index (Phi) is 2.94. The zero-order valence-electron chi connectivity index (χ0n) is 10.8. The quantitative estimate of drug-likeness (QED) is 0.829. The van der Waals surface area contributed by atoms with Gasteiger partial charge in [-0.25, -0.2) is 0 Å². The van der Waals surface area contributed by atoms with Gasteiger partial charge in [0.15, 0.2) is 0 Å². The molecular weight excluding hydrogens is 228 g/mol. The second-order valence-corrected chi connectivity index (χ2v) is 5.47. The summed E-state index contributed by atoms with van der Waals surface area (Å²) in [5.41, 5.74) is 0.741. The molecule has 1 aromatic rings. The Morgan fingerprint density at radius 1 is 1.28 bits per heavy atom. The van der Waals surface area contributed by atoms with Crippen LogP contribution in [-0.4, -0.2) is 17.8 Å². The minimum atomic E-state index is -0.429. The lowest BCUT2D eigenvalue weighted by Crippen LogP contribution is -2.42. The van der Waals surface area contributed by atoms with E-state index in [9.17, 15) is 5.11 Å². The van der Waals surface area contributed by atoms with Gasteiger partial charge in [-0.05, 0) is 43.9 Å². The maximum Gasteiger partial charge on any atom is 0.126 e. The summed E-state index contributed by atoms with van der Waals surface area (Å²) in [5.74, 6) is 1.60. The molecule has 0 saturated heterocycles. The fourth-order valence-corrected chi connectivity index (χ4v) is 3.25. The number of aliphatic hydroxyl groups is 1. The van der Waals surface area contributed by atoms with E-state index in [-0.39, 0.29) is 5.60 Å². The third-order valence-corrected chi connectivity index (χ3v) is 4.23. The highest BCUT2D eigenvalue weighted by Crippen LogP contribution is 2.46. The SMILES string of the molecule is COc1ccc2c(c1)C(O)CC1(CCCCC1)O2. The highest BCUT2D eigenvalue weighted by molar-refractivity contribution is 5.43. The van der Waals surface area contributed by atoms with Crippen LogP contribution in [0.2, 0.25) is 0 Å². The molecule has 1 saturated carbocycles. The number of methoxy groups -OCH3 is 1. The van der Waals surface area contributed by atoms with E-state index < -0.39 is 6.10 Å². The maximum atomic E-state index is 10.4. The van der Waals surface area contributed by atoms with Crippen LogP contribution in [0.25, 0.3) is 0 Å². The van der Waals surface area contributed by atoms with E-state index in [0.29, 0.717) is 6.42 Å². The van der Waals surface area contributed by atoms with Crippen molar-refractivity contribution < 1.29 is 14.6 Å². The van der Waals surface area contributed by atoms with Crippen molar-refractivity contribution in [1.82, 2.24) is 0 Å². The first kappa shape index (κ1) is 11.8. The molecule has 0 radical (unpaired) electrons. The fraction of sp³-hybridized carbons (Fsp3) is 0.600. The Bertz CT molecular complexity index is 435. The molecule has 1 atom stereocenters. The van der Waals surface area contributed by atoms with Crippen LogP contribution in [0.4, 0.5) is 0 Å². The lowest BCUT2D eigenvalue weighted by molar-refractivity contribution is -0.0382. The lowest BCUT2D eigenvalue weighted by atomic mass is 9.78. The summed E-state index contributed by atoms with van der Waals surface area (Å²) >= 11 is 0. The van der Waals surface area contributed by atoms with Crippen molar-refractivity contribution in [3.8, 4) is 11.5 Å². The third kappa shape index (κ3) is 1.97. The van der Waals surface area contributed by atoms with Crippen molar-refractivity contribution in [2.24, 2.45) is 0 Å². The molecule has 1 N–H and O–H groups in total. The number of rotatable bonds is 1. The summed E-state index contributed by atoms with van der Waals surface area (Å²) in [4.78, 5) is 0. The lowest BCUT2D eigenvalue weighted by Gasteiger charge is -2.43. The molecule has 1 unspecified atom stereocenters. The second kappa shape index (κ2) is 4.47. The number of fused-ring (bicyclic) bond motifs is 1. The normalized spacial score (nSPS) is 25.3. The molecule has 98 valence electrons. The molecule has 0 amide bonds. The van der Waals surface area contributed by atoms with Crippen LogP contribution >= 0.6 is 0 Å².